The molecule has 106 valence electrons. The predicted octanol–water partition coefficient (Wildman–Crippen LogP) is -1.25. The fraction of sp³-hybridized carbons (Fsp3) is 0.700. The van der Waals surface area contributed by atoms with Crippen LogP contribution in [0, 0.1) is 0 Å². The number of rotatable bonds is 3. The Morgan fingerprint density at radius 3 is 2.53 bits per heavy atom. The molecular weight excluding hydrogens is 278 g/mol. The minimum atomic E-state index is -3.90. The summed E-state index contributed by atoms with van der Waals surface area (Å²) in [6.07, 6.45) is -0.220. The lowest BCUT2D eigenvalue weighted by Gasteiger charge is -2.35. The second-order valence-electron chi connectivity index (χ2n) is 4.84. The highest BCUT2D eigenvalue weighted by atomic mass is 32.2. The first-order valence-electron chi connectivity index (χ1n) is 5.53. The number of carboxylic acids is 1. The van der Waals surface area contributed by atoms with E-state index in [-0.39, 0.29) is 6.42 Å². The number of carbonyl (C=O) groups is 3. The molecule has 0 aromatic heterocycles. The van der Waals surface area contributed by atoms with E-state index in [9.17, 15) is 27.9 Å². The van der Waals surface area contributed by atoms with Crippen molar-refractivity contribution in [2.75, 3.05) is 6.61 Å². The second-order valence-corrected chi connectivity index (χ2v) is 7.41. The van der Waals surface area contributed by atoms with E-state index in [0.717, 1.165) is 11.8 Å². The normalized spacial score (nSPS) is 35.5. The highest BCUT2D eigenvalue weighted by Gasteiger charge is 2.70. The van der Waals surface area contributed by atoms with Crippen molar-refractivity contribution in [3.05, 3.63) is 0 Å². The number of hydrogen-bond donors (Lipinski definition) is 1. The number of fused-ring (bicyclic) bond motifs is 1. The largest absolute Gasteiger partial charge is 0.480 e. The molecule has 0 bridgehead atoms. The zero-order valence-corrected chi connectivity index (χ0v) is 11.1. The number of aliphatic carboxylic acids is 1. The van der Waals surface area contributed by atoms with E-state index in [0.29, 0.717) is 0 Å². The van der Waals surface area contributed by atoms with Gasteiger partial charge in [0.25, 0.3) is 0 Å². The van der Waals surface area contributed by atoms with Crippen molar-refractivity contribution >= 4 is 27.7 Å². The molecule has 0 aromatic carbocycles. The topological polar surface area (TPSA) is 118 Å². The number of ether oxygens (including phenoxy) is 1. The smallest absolute Gasteiger partial charge is 0.328 e. The Hall–Kier alpha value is -1.64. The Kier molecular flexibility index (Phi) is 2.85. The number of hydrogen-bond acceptors (Lipinski definition) is 6. The van der Waals surface area contributed by atoms with Crippen LogP contribution in [-0.2, 0) is 29.0 Å². The third-order valence-corrected chi connectivity index (χ3v) is 6.36. The van der Waals surface area contributed by atoms with Gasteiger partial charge in [-0.3, -0.25) is 9.59 Å². The molecule has 1 amide bonds. The summed E-state index contributed by atoms with van der Waals surface area (Å²) in [5.74, 6) is -2.65. The lowest BCUT2D eigenvalue weighted by Crippen LogP contribution is -2.58. The van der Waals surface area contributed by atoms with Gasteiger partial charge in [0.15, 0.2) is 15.9 Å². The molecule has 1 N–H and O–H groups in total. The van der Waals surface area contributed by atoms with E-state index in [1.165, 1.54) is 6.92 Å². The standard InChI is InChI=1S/C10H13NO7S/c1-5(12)18-4-10(2)8(9(14)15)11-6(13)3-7(11)19(10,16)17/h7-8H,3-4H2,1-2H3,(H,14,15)/t7-,8+,10-/m1/s1. The molecule has 9 heteroatoms. The van der Waals surface area contributed by atoms with Gasteiger partial charge in [0.2, 0.25) is 5.91 Å². The van der Waals surface area contributed by atoms with Crippen LogP contribution >= 0.6 is 0 Å². The average Bonchev–Trinajstić information content (AvgIpc) is 2.41. The van der Waals surface area contributed by atoms with Gasteiger partial charge in [0.05, 0.1) is 6.42 Å². The van der Waals surface area contributed by atoms with Crippen molar-refractivity contribution in [2.24, 2.45) is 0 Å². The zero-order chi connectivity index (χ0) is 14.6. The highest BCUT2D eigenvalue weighted by Crippen LogP contribution is 2.46. The van der Waals surface area contributed by atoms with E-state index in [1.807, 2.05) is 0 Å². The third-order valence-electron chi connectivity index (χ3n) is 3.61. The van der Waals surface area contributed by atoms with Crippen molar-refractivity contribution in [3.8, 4) is 0 Å². The second kappa shape index (κ2) is 3.92. The number of amides is 1. The molecule has 2 heterocycles. The van der Waals surface area contributed by atoms with Crippen LogP contribution in [0.4, 0.5) is 0 Å². The number of β-lactam (4-membered cyclic amide) rings is 1. The quantitative estimate of drug-likeness (QED) is 0.509. The van der Waals surface area contributed by atoms with E-state index in [1.54, 1.807) is 0 Å². The summed E-state index contributed by atoms with van der Waals surface area (Å²) in [4.78, 5) is 34.4. The van der Waals surface area contributed by atoms with Gasteiger partial charge in [0, 0.05) is 6.92 Å². The molecule has 3 atom stereocenters. The summed E-state index contributed by atoms with van der Waals surface area (Å²) in [6.45, 7) is 1.71. The van der Waals surface area contributed by atoms with Crippen molar-refractivity contribution in [2.45, 2.75) is 36.4 Å². The van der Waals surface area contributed by atoms with Crippen LogP contribution < -0.4 is 0 Å². The predicted molar refractivity (Wildman–Crippen MR) is 60.6 cm³/mol. The Bertz CT molecular complexity index is 568. The van der Waals surface area contributed by atoms with Crippen LogP contribution in [0.3, 0.4) is 0 Å². The number of nitrogens with zero attached hydrogens (tertiary/aromatic N) is 1. The van der Waals surface area contributed by atoms with Crippen LogP contribution in [0.2, 0.25) is 0 Å². The van der Waals surface area contributed by atoms with Crippen LogP contribution in [-0.4, -0.2) is 59.0 Å². The Morgan fingerprint density at radius 2 is 2.11 bits per heavy atom. The van der Waals surface area contributed by atoms with Crippen molar-refractivity contribution in [1.82, 2.24) is 4.90 Å². The van der Waals surface area contributed by atoms with Crippen molar-refractivity contribution < 1.29 is 32.6 Å². The maximum absolute atomic E-state index is 12.3. The van der Waals surface area contributed by atoms with Gasteiger partial charge in [-0.25, -0.2) is 13.2 Å². The lowest BCUT2D eigenvalue weighted by molar-refractivity contribution is -0.159. The monoisotopic (exact) mass is 291 g/mol. The maximum atomic E-state index is 12.3. The van der Waals surface area contributed by atoms with Crippen molar-refractivity contribution in [1.29, 1.82) is 0 Å². The third kappa shape index (κ3) is 1.64. The van der Waals surface area contributed by atoms with Gasteiger partial charge >= 0.3 is 11.9 Å². The molecule has 0 saturated carbocycles. The molecule has 0 aromatic rings. The van der Waals surface area contributed by atoms with Gasteiger partial charge in [-0.1, -0.05) is 0 Å². The number of sulfone groups is 1. The SMILES string of the molecule is CC(=O)OC[C@]1(C)[C@H](C(=O)O)N2C(=O)C[C@H]2S1(=O)=O. The van der Waals surface area contributed by atoms with Gasteiger partial charge < -0.3 is 14.7 Å². The fourth-order valence-electron chi connectivity index (χ4n) is 2.52. The molecule has 2 rings (SSSR count). The summed E-state index contributed by atoms with van der Waals surface area (Å²) in [7, 11) is -3.90. The maximum Gasteiger partial charge on any atom is 0.328 e. The molecule has 2 fully saturated rings. The molecule has 19 heavy (non-hydrogen) atoms. The van der Waals surface area contributed by atoms with E-state index in [2.05, 4.69) is 4.74 Å². The highest BCUT2D eigenvalue weighted by molar-refractivity contribution is 7.94. The molecule has 0 aliphatic carbocycles. The summed E-state index contributed by atoms with van der Waals surface area (Å²) >= 11 is 0. The molecule has 2 aliphatic heterocycles. The fourth-order valence-corrected chi connectivity index (χ4v) is 4.79. The van der Waals surface area contributed by atoms with Crippen LogP contribution in [0.1, 0.15) is 20.3 Å². The minimum Gasteiger partial charge on any atom is -0.480 e. The molecule has 2 aliphatic rings. The van der Waals surface area contributed by atoms with Gasteiger partial charge in [0.1, 0.15) is 16.7 Å². The van der Waals surface area contributed by atoms with Crippen LogP contribution in [0.5, 0.6) is 0 Å². The first-order chi connectivity index (χ1) is 8.63. The van der Waals surface area contributed by atoms with Crippen LogP contribution in [0.25, 0.3) is 0 Å². The van der Waals surface area contributed by atoms with E-state index >= 15 is 0 Å². The summed E-state index contributed by atoms with van der Waals surface area (Å²) in [6, 6.07) is -1.52. The Morgan fingerprint density at radius 1 is 1.53 bits per heavy atom. The van der Waals surface area contributed by atoms with Crippen molar-refractivity contribution in [3.63, 3.8) is 0 Å². The Balaban J connectivity index is 2.45. The van der Waals surface area contributed by atoms with Gasteiger partial charge in [-0.05, 0) is 6.92 Å². The number of carbonyl (C=O) groups excluding carboxylic acids is 2. The molecule has 0 spiro atoms. The van der Waals surface area contributed by atoms with E-state index < -0.39 is 50.5 Å². The minimum absolute atomic E-state index is 0.220. The van der Waals surface area contributed by atoms with Gasteiger partial charge in [-0.15, -0.1) is 0 Å². The average molecular weight is 291 g/mol. The lowest BCUT2D eigenvalue weighted by atomic mass is 9.97. The molecule has 0 unspecified atom stereocenters. The zero-order valence-electron chi connectivity index (χ0n) is 10.3. The molecular formula is C10H13NO7S. The first kappa shape index (κ1) is 13.8. The molecule has 8 nitrogen and oxygen atoms in total. The summed E-state index contributed by atoms with van der Waals surface area (Å²) in [5.41, 5.74) is 0. The molecule has 2 saturated heterocycles. The Labute approximate surface area is 109 Å². The van der Waals surface area contributed by atoms with E-state index in [4.69, 9.17) is 0 Å². The molecule has 0 radical (unpaired) electrons. The summed E-state index contributed by atoms with van der Waals surface area (Å²) < 4.78 is 27.5. The van der Waals surface area contributed by atoms with Crippen LogP contribution in [0.15, 0.2) is 0 Å². The number of carboxylic acid groups (broad SMARTS) is 1. The summed E-state index contributed by atoms with van der Waals surface area (Å²) in [5, 5.41) is 8.06. The number of esters is 1. The van der Waals surface area contributed by atoms with Gasteiger partial charge in [-0.2, -0.15) is 0 Å². The first-order valence-corrected chi connectivity index (χ1v) is 7.08.